The summed E-state index contributed by atoms with van der Waals surface area (Å²) in [5.74, 6) is 0. The number of hydrogen-bond acceptors (Lipinski definition) is 3. The Kier molecular flexibility index (Phi) is 5.59. The molecule has 0 heterocycles. The maximum atomic E-state index is 11.6. The van der Waals surface area contributed by atoms with Gasteiger partial charge in [-0.25, -0.2) is 13.7 Å². The molecule has 0 aromatic rings. The Morgan fingerprint density at radius 3 is 2.11 bits per heavy atom. The lowest BCUT2D eigenvalue weighted by Gasteiger charge is -2.30. The molecule has 18 heavy (non-hydrogen) atoms. The van der Waals surface area contributed by atoms with Gasteiger partial charge in [0.15, 0.2) is 0 Å². The van der Waals surface area contributed by atoms with Gasteiger partial charge in [0.2, 0.25) is 0 Å². The molecule has 0 spiro atoms. The summed E-state index contributed by atoms with van der Waals surface area (Å²) >= 11 is 0. The Hall–Kier alpha value is -0.620. The van der Waals surface area contributed by atoms with Crippen molar-refractivity contribution >= 4 is 17.1 Å². The largest absolute Gasteiger partial charge is 0.444 e. The first-order valence-corrected chi connectivity index (χ1v) is 7.91. The number of amides is 1. The van der Waals surface area contributed by atoms with Crippen LogP contribution in [0.25, 0.3) is 0 Å². The maximum Gasteiger partial charge on any atom is 0.407 e. The zero-order valence-electron chi connectivity index (χ0n) is 11.6. The summed E-state index contributed by atoms with van der Waals surface area (Å²) in [6.07, 6.45) is 4.95. The molecule has 0 aliphatic heterocycles. The SMILES string of the molecule is CS(=O)NC1CCC(NC(=O)OC(C)(C)C)CC1. The highest BCUT2D eigenvalue weighted by Crippen LogP contribution is 2.19. The summed E-state index contributed by atoms with van der Waals surface area (Å²) in [5, 5.41) is 2.88. The maximum absolute atomic E-state index is 11.6. The number of rotatable bonds is 3. The van der Waals surface area contributed by atoms with Crippen molar-refractivity contribution in [1.82, 2.24) is 10.0 Å². The van der Waals surface area contributed by atoms with Crippen LogP contribution in [0.2, 0.25) is 0 Å². The van der Waals surface area contributed by atoms with Crippen LogP contribution in [0.4, 0.5) is 4.79 Å². The number of carbonyl (C=O) groups is 1. The number of hydrogen-bond donors (Lipinski definition) is 2. The molecule has 1 fully saturated rings. The van der Waals surface area contributed by atoms with Gasteiger partial charge in [0.1, 0.15) is 5.60 Å². The molecule has 0 saturated heterocycles. The Morgan fingerprint density at radius 1 is 1.17 bits per heavy atom. The topological polar surface area (TPSA) is 67.4 Å². The lowest BCUT2D eigenvalue weighted by molar-refractivity contribution is 0.0490. The summed E-state index contributed by atoms with van der Waals surface area (Å²) in [7, 11) is -0.961. The van der Waals surface area contributed by atoms with Crippen molar-refractivity contribution in [3.63, 3.8) is 0 Å². The van der Waals surface area contributed by atoms with Crippen LogP contribution < -0.4 is 10.0 Å². The van der Waals surface area contributed by atoms with Crippen LogP contribution >= 0.6 is 0 Å². The van der Waals surface area contributed by atoms with Crippen molar-refractivity contribution in [2.45, 2.75) is 64.1 Å². The predicted molar refractivity (Wildman–Crippen MR) is 72.6 cm³/mol. The van der Waals surface area contributed by atoms with E-state index >= 15 is 0 Å². The molecule has 1 aliphatic carbocycles. The lowest BCUT2D eigenvalue weighted by atomic mass is 9.92. The van der Waals surface area contributed by atoms with Crippen LogP contribution in [0.5, 0.6) is 0 Å². The van der Waals surface area contributed by atoms with Crippen molar-refractivity contribution in [2.24, 2.45) is 0 Å². The third kappa shape index (κ3) is 6.35. The molecule has 106 valence electrons. The summed E-state index contributed by atoms with van der Waals surface area (Å²) < 4.78 is 19.3. The van der Waals surface area contributed by atoms with Crippen LogP contribution in [-0.2, 0) is 15.7 Å². The zero-order valence-corrected chi connectivity index (χ0v) is 12.4. The third-order valence-electron chi connectivity index (χ3n) is 2.78. The minimum absolute atomic E-state index is 0.170. The molecule has 5 nitrogen and oxygen atoms in total. The predicted octanol–water partition coefficient (Wildman–Crippen LogP) is 1.71. The molecule has 1 rings (SSSR count). The van der Waals surface area contributed by atoms with Gasteiger partial charge in [0.05, 0.1) is 11.0 Å². The molecule has 2 N–H and O–H groups in total. The average Bonchev–Trinajstić information content (AvgIpc) is 2.17. The molecule has 1 amide bonds. The number of ether oxygens (including phenoxy) is 1. The van der Waals surface area contributed by atoms with E-state index in [4.69, 9.17) is 4.74 Å². The van der Waals surface area contributed by atoms with E-state index in [2.05, 4.69) is 10.0 Å². The van der Waals surface area contributed by atoms with Gasteiger partial charge in [-0.3, -0.25) is 0 Å². The summed E-state index contributed by atoms with van der Waals surface area (Å²) in [5.41, 5.74) is -0.456. The van der Waals surface area contributed by atoms with Crippen LogP contribution in [0.1, 0.15) is 46.5 Å². The summed E-state index contributed by atoms with van der Waals surface area (Å²) in [6, 6.07) is 0.468. The van der Waals surface area contributed by atoms with E-state index in [-0.39, 0.29) is 12.1 Å². The zero-order chi connectivity index (χ0) is 13.8. The molecule has 0 radical (unpaired) electrons. The van der Waals surface area contributed by atoms with Crippen molar-refractivity contribution in [3.05, 3.63) is 0 Å². The first kappa shape index (κ1) is 15.4. The molecule has 0 aromatic carbocycles. The molecule has 1 atom stereocenters. The van der Waals surface area contributed by atoms with Gasteiger partial charge in [0.25, 0.3) is 0 Å². The normalized spacial score (nSPS) is 26.4. The fourth-order valence-electron chi connectivity index (χ4n) is 2.06. The van der Waals surface area contributed by atoms with Crippen molar-refractivity contribution < 1.29 is 13.7 Å². The molecule has 0 bridgehead atoms. The monoisotopic (exact) mass is 276 g/mol. The quantitative estimate of drug-likeness (QED) is 0.824. The fourth-order valence-corrected chi connectivity index (χ4v) is 2.77. The fraction of sp³-hybridized carbons (Fsp3) is 0.917. The molecule has 1 aliphatic rings. The van der Waals surface area contributed by atoms with Crippen molar-refractivity contribution in [3.8, 4) is 0 Å². The van der Waals surface area contributed by atoms with Crippen molar-refractivity contribution in [2.75, 3.05) is 6.26 Å². The first-order valence-electron chi connectivity index (χ1n) is 6.35. The van der Waals surface area contributed by atoms with Crippen LogP contribution in [0.15, 0.2) is 0 Å². The smallest absolute Gasteiger partial charge is 0.407 e. The Labute approximate surface area is 112 Å². The second-order valence-electron chi connectivity index (χ2n) is 5.77. The van der Waals surface area contributed by atoms with E-state index in [9.17, 15) is 9.00 Å². The highest BCUT2D eigenvalue weighted by molar-refractivity contribution is 7.82. The summed E-state index contributed by atoms with van der Waals surface area (Å²) in [6.45, 7) is 5.55. The van der Waals surface area contributed by atoms with E-state index in [0.29, 0.717) is 6.04 Å². The summed E-state index contributed by atoms with van der Waals surface area (Å²) in [4.78, 5) is 11.6. The molecule has 1 unspecified atom stereocenters. The third-order valence-corrected chi connectivity index (χ3v) is 3.45. The Morgan fingerprint density at radius 2 is 1.67 bits per heavy atom. The number of carbonyl (C=O) groups excluding carboxylic acids is 1. The van der Waals surface area contributed by atoms with E-state index in [1.54, 1.807) is 6.26 Å². The second kappa shape index (κ2) is 6.52. The van der Waals surface area contributed by atoms with Crippen LogP contribution in [-0.4, -0.2) is 34.2 Å². The Bertz CT molecular complexity index is 307. The van der Waals surface area contributed by atoms with Gasteiger partial charge >= 0.3 is 6.09 Å². The standard InChI is InChI=1S/C12H24N2O3S/c1-12(2,3)17-11(15)13-9-5-7-10(8-6-9)14-18(4)16/h9-10,14H,5-8H2,1-4H3,(H,13,15). The van der Waals surface area contributed by atoms with Gasteiger partial charge < -0.3 is 10.1 Å². The van der Waals surface area contributed by atoms with E-state index < -0.39 is 16.6 Å². The molecule has 6 heteroatoms. The van der Waals surface area contributed by atoms with E-state index in [1.807, 2.05) is 20.8 Å². The van der Waals surface area contributed by atoms with E-state index in [1.165, 1.54) is 0 Å². The van der Waals surface area contributed by atoms with Gasteiger partial charge in [-0.05, 0) is 46.5 Å². The lowest BCUT2D eigenvalue weighted by Crippen LogP contribution is -2.44. The van der Waals surface area contributed by atoms with Crippen LogP contribution in [0, 0.1) is 0 Å². The number of nitrogens with one attached hydrogen (secondary N) is 2. The van der Waals surface area contributed by atoms with Gasteiger partial charge in [-0.2, -0.15) is 0 Å². The van der Waals surface area contributed by atoms with Gasteiger partial charge in [-0.15, -0.1) is 0 Å². The minimum atomic E-state index is -0.961. The molecule has 0 aromatic heterocycles. The molecular weight excluding hydrogens is 252 g/mol. The van der Waals surface area contributed by atoms with Crippen LogP contribution in [0.3, 0.4) is 0 Å². The van der Waals surface area contributed by atoms with Gasteiger partial charge in [-0.1, -0.05) is 0 Å². The van der Waals surface area contributed by atoms with Crippen molar-refractivity contribution in [1.29, 1.82) is 0 Å². The molecular formula is C12H24N2O3S. The van der Waals surface area contributed by atoms with E-state index in [0.717, 1.165) is 25.7 Å². The highest BCUT2D eigenvalue weighted by atomic mass is 32.2. The highest BCUT2D eigenvalue weighted by Gasteiger charge is 2.24. The van der Waals surface area contributed by atoms with Gasteiger partial charge in [0, 0.05) is 18.3 Å². The first-order chi connectivity index (χ1) is 8.26. The Balaban J connectivity index is 2.27. The number of alkyl carbamates (subject to hydrolysis) is 1. The molecule has 1 saturated carbocycles. The average molecular weight is 276 g/mol. The minimum Gasteiger partial charge on any atom is -0.444 e. The second-order valence-corrected chi connectivity index (χ2v) is 6.91.